The van der Waals surface area contributed by atoms with Crippen molar-refractivity contribution in [3.05, 3.63) is 18.1 Å². The van der Waals surface area contributed by atoms with E-state index in [1.165, 1.54) is 0 Å². The van der Waals surface area contributed by atoms with Gasteiger partial charge in [0.25, 0.3) is 0 Å². The number of carboxylic acid groups (broad SMARTS) is 1. The first-order valence-electron chi connectivity index (χ1n) is 7.92. The topological polar surface area (TPSA) is 75.1 Å². The third-order valence-electron chi connectivity index (χ3n) is 3.55. The van der Waals surface area contributed by atoms with Crippen molar-refractivity contribution in [1.29, 1.82) is 0 Å². The van der Waals surface area contributed by atoms with Crippen molar-refractivity contribution < 1.29 is 9.90 Å². The van der Waals surface area contributed by atoms with Crippen molar-refractivity contribution in [3.8, 4) is 0 Å². The largest absolute Gasteiger partial charge is 0.481 e. The van der Waals surface area contributed by atoms with Crippen LogP contribution in [0, 0.1) is 5.92 Å². The maximum absolute atomic E-state index is 10.7. The molecule has 0 aliphatic carbocycles. The predicted octanol–water partition coefficient (Wildman–Crippen LogP) is 3.51. The lowest BCUT2D eigenvalue weighted by molar-refractivity contribution is -0.137. The number of nitrogens with one attached hydrogen (secondary N) is 1. The fourth-order valence-electron chi connectivity index (χ4n) is 2.46. The number of anilines is 1. The van der Waals surface area contributed by atoms with Gasteiger partial charge in [-0.15, -0.1) is 0 Å². The van der Waals surface area contributed by atoms with Crippen molar-refractivity contribution in [2.75, 3.05) is 11.9 Å². The Morgan fingerprint density at radius 2 is 2.05 bits per heavy atom. The van der Waals surface area contributed by atoms with E-state index in [2.05, 4.69) is 29.1 Å². The van der Waals surface area contributed by atoms with E-state index in [1.54, 1.807) is 6.33 Å². The Balaban J connectivity index is 2.38. The summed E-state index contributed by atoms with van der Waals surface area (Å²) in [7, 11) is 0. The van der Waals surface area contributed by atoms with E-state index < -0.39 is 5.97 Å². The fourth-order valence-corrected chi connectivity index (χ4v) is 2.46. The molecule has 1 heterocycles. The monoisotopic (exact) mass is 293 g/mol. The summed E-state index contributed by atoms with van der Waals surface area (Å²) in [4.78, 5) is 19.1. The summed E-state index contributed by atoms with van der Waals surface area (Å²) in [5.41, 5.74) is 1.06. The van der Waals surface area contributed by atoms with Crippen molar-refractivity contribution in [3.63, 3.8) is 0 Å². The SMILES string of the molecule is CCCc1cc(NCCC(CCC)CCC(=O)O)ncn1. The lowest BCUT2D eigenvalue weighted by Gasteiger charge is -2.15. The average Bonchev–Trinajstić information content (AvgIpc) is 2.45. The van der Waals surface area contributed by atoms with Gasteiger partial charge < -0.3 is 10.4 Å². The molecule has 21 heavy (non-hydrogen) atoms. The molecule has 0 fully saturated rings. The number of hydrogen-bond acceptors (Lipinski definition) is 4. The first-order valence-corrected chi connectivity index (χ1v) is 7.92. The van der Waals surface area contributed by atoms with Gasteiger partial charge in [-0.1, -0.05) is 33.1 Å². The summed E-state index contributed by atoms with van der Waals surface area (Å²) in [5.74, 6) is 0.626. The Morgan fingerprint density at radius 1 is 1.24 bits per heavy atom. The predicted molar refractivity (Wildman–Crippen MR) is 84.4 cm³/mol. The number of aryl methyl sites for hydroxylation is 1. The van der Waals surface area contributed by atoms with Crippen LogP contribution in [-0.2, 0) is 11.2 Å². The summed E-state index contributed by atoms with van der Waals surface area (Å²) >= 11 is 0. The number of rotatable bonds is 11. The average molecular weight is 293 g/mol. The van der Waals surface area contributed by atoms with E-state index in [0.29, 0.717) is 5.92 Å². The number of aliphatic carboxylic acids is 1. The van der Waals surface area contributed by atoms with Gasteiger partial charge in [-0.25, -0.2) is 9.97 Å². The molecule has 0 bridgehead atoms. The number of nitrogens with zero attached hydrogens (tertiary/aromatic N) is 2. The molecule has 1 rings (SSSR count). The molecule has 1 aromatic rings. The molecule has 0 saturated heterocycles. The second-order valence-corrected chi connectivity index (χ2v) is 5.45. The van der Waals surface area contributed by atoms with Gasteiger partial charge in [0.05, 0.1) is 0 Å². The van der Waals surface area contributed by atoms with Crippen molar-refractivity contribution in [2.24, 2.45) is 5.92 Å². The molecule has 118 valence electrons. The first kappa shape index (κ1) is 17.4. The van der Waals surface area contributed by atoms with Gasteiger partial charge in [0, 0.05) is 24.7 Å². The number of carboxylic acids is 1. The molecule has 0 spiro atoms. The molecule has 1 unspecified atom stereocenters. The summed E-state index contributed by atoms with van der Waals surface area (Å²) in [6.07, 6.45) is 7.82. The minimum atomic E-state index is -0.705. The van der Waals surface area contributed by atoms with E-state index in [4.69, 9.17) is 5.11 Å². The van der Waals surface area contributed by atoms with Crippen LogP contribution in [0.4, 0.5) is 5.82 Å². The van der Waals surface area contributed by atoms with E-state index >= 15 is 0 Å². The number of aromatic nitrogens is 2. The van der Waals surface area contributed by atoms with Crippen LogP contribution in [0.1, 0.15) is 58.1 Å². The molecular formula is C16H27N3O2. The van der Waals surface area contributed by atoms with Gasteiger partial charge in [-0.3, -0.25) is 4.79 Å². The Bertz CT molecular complexity index is 424. The molecule has 1 atom stereocenters. The highest BCUT2D eigenvalue weighted by Crippen LogP contribution is 2.18. The zero-order chi connectivity index (χ0) is 15.5. The van der Waals surface area contributed by atoms with Gasteiger partial charge in [0.1, 0.15) is 12.1 Å². The molecule has 0 aliphatic rings. The van der Waals surface area contributed by atoms with Crippen molar-refractivity contribution in [2.45, 2.75) is 58.8 Å². The first-order chi connectivity index (χ1) is 10.2. The van der Waals surface area contributed by atoms with Crippen LogP contribution in [0.2, 0.25) is 0 Å². The summed E-state index contributed by atoms with van der Waals surface area (Å²) in [6, 6.07) is 2.00. The maximum Gasteiger partial charge on any atom is 0.303 e. The van der Waals surface area contributed by atoms with Crippen molar-refractivity contribution in [1.82, 2.24) is 9.97 Å². The van der Waals surface area contributed by atoms with Crippen LogP contribution >= 0.6 is 0 Å². The third-order valence-corrected chi connectivity index (χ3v) is 3.55. The molecular weight excluding hydrogens is 266 g/mol. The quantitative estimate of drug-likeness (QED) is 0.653. The van der Waals surface area contributed by atoms with Gasteiger partial charge >= 0.3 is 5.97 Å². The van der Waals surface area contributed by atoms with Crippen LogP contribution in [0.25, 0.3) is 0 Å². The van der Waals surface area contributed by atoms with E-state index in [-0.39, 0.29) is 6.42 Å². The Kier molecular flexibility index (Phi) is 8.40. The number of hydrogen-bond donors (Lipinski definition) is 2. The molecule has 0 saturated carbocycles. The Hall–Kier alpha value is -1.65. The molecule has 1 aromatic heterocycles. The fraction of sp³-hybridized carbons (Fsp3) is 0.688. The lowest BCUT2D eigenvalue weighted by Crippen LogP contribution is -2.12. The molecule has 5 heteroatoms. The van der Waals surface area contributed by atoms with Gasteiger partial charge in [0.15, 0.2) is 0 Å². The third kappa shape index (κ3) is 7.63. The minimum absolute atomic E-state index is 0.263. The second-order valence-electron chi connectivity index (χ2n) is 5.45. The molecule has 5 nitrogen and oxygen atoms in total. The molecule has 0 amide bonds. The van der Waals surface area contributed by atoms with Crippen LogP contribution in [0.15, 0.2) is 12.4 Å². The lowest BCUT2D eigenvalue weighted by atomic mass is 9.94. The smallest absolute Gasteiger partial charge is 0.303 e. The Morgan fingerprint density at radius 3 is 2.71 bits per heavy atom. The molecule has 0 aromatic carbocycles. The maximum atomic E-state index is 10.7. The highest BCUT2D eigenvalue weighted by molar-refractivity contribution is 5.66. The van der Waals surface area contributed by atoms with Crippen LogP contribution < -0.4 is 5.32 Å². The van der Waals surface area contributed by atoms with Gasteiger partial charge in [-0.2, -0.15) is 0 Å². The molecule has 0 aliphatic heterocycles. The normalized spacial score (nSPS) is 12.1. The Labute approximate surface area is 127 Å². The summed E-state index contributed by atoms with van der Waals surface area (Å²) in [6.45, 7) is 5.10. The van der Waals surface area contributed by atoms with Gasteiger partial charge in [-0.05, 0) is 25.2 Å². The summed E-state index contributed by atoms with van der Waals surface area (Å²) in [5, 5.41) is 12.1. The van der Waals surface area contributed by atoms with Crippen LogP contribution in [0.5, 0.6) is 0 Å². The molecule has 0 radical (unpaired) electrons. The minimum Gasteiger partial charge on any atom is -0.481 e. The zero-order valence-electron chi connectivity index (χ0n) is 13.1. The van der Waals surface area contributed by atoms with Crippen LogP contribution in [-0.4, -0.2) is 27.6 Å². The van der Waals surface area contributed by atoms with Crippen LogP contribution in [0.3, 0.4) is 0 Å². The van der Waals surface area contributed by atoms with E-state index in [9.17, 15) is 4.79 Å². The number of carbonyl (C=O) groups is 1. The highest BCUT2D eigenvalue weighted by Gasteiger charge is 2.10. The van der Waals surface area contributed by atoms with E-state index in [0.717, 1.165) is 56.6 Å². The van der Waals surface area contributed by atoms with E-state index in [1.807, 2.05) is 6.07 Å². The standard InChI is InChI=1S/C16H27N3O2/c1-3-5-13(7-8-16(20)21)9-10-17-15-11-14(6-4-2)18-12-19-15/h11-13H,3-10H2,1-2H3,(H,20,21)(H,17,18,19). The molecule has 2 N–H and O–H groups in total. The highest BCUT2D eigenvalue weighted by atomic mass is 16.4. The van der Waals surface area contributed by atoms with Gasteiger partial charge in [0.2, 0.25) is 0 Å². The summed E-state index contributed by atoms with van der Waals surface area (Å²) < 4.78 is 0. The second kappa shape index (κ2) is 10.1. The van der Waals surface area contributed by atoms with Crippen molar-refractivity contribution >= 4 is 11.8 Å². The zero-order valence-corrected chi connectivity index (χ0v) is 13.1.